The average Bonchev–Trinajstić information content (AvgIpc) is 3.01. The number of carbonyl (C=O) groups is 1. The Balaban J connectivity index is 2.33. The molecule has 148 valence electrons. The second-order valence-corrected chi connectivity index (χ2v) is 6.59. The van der Waals surface area contributed by atoms with E-state index in [1.165, 1.54) is 13.0 Å². The van der Waals surface area contributed by atoms with Gasteiger partial charge in [0.05, 0.1) is 0 Å². The van der Waals surface area contributed by atoms with E-state index in [9.17, 15) is 27.5 Å². The molecule has 1 unspecified atom stereocenters. The number of aryl methyl sites for hydroxylation is 1. The third kappa shape index (κ3) is 4.40. The molecule has 0 spiro atoms. The minimum atomic E-state index is -3.05. The zero-order valence-corrected chi connectivity index (χ0v) is 15.3. The minimum absolute atomic E-state index is 0.0103. The molecule has 1 atom stereocenters. The standard InChI is InChI=1S/C18H21F4N3O2/c1-8(2)11-6-12(9(3)5-15(11)26)23-18(27)10(4)25-14(17(21)22)7-13(24-25)16(19)20/h5-8,10,16-17,26H,1-4H3,(H,23,27). The summed E-state index contributed by atoms with van der Waals surface area (Å²) in [7, 11) is 0. The van der Waals surface area contributed by atoms with Crippen molar-refractivity contribution in [3.63, 3.8) is 0 Å². The number of phenols is 1. The Morgan fingerprint density at radius 3 is 2.26 bits per heavy atom. The van der Waals surface area contributed by atoms with E-state index >= 15 is 0 Å². The lowest BCUT2D eigenvalue weighted by molar-refractivity contribution is -0.119. The van der Waals surface area contributed by atoms with Crippen LogP contribution in [0.1, 0.15) is 68.1 Å². The predicted octanol–water partition coefficient (Wildman–Crippen LogP) is 5.10. The van der Waals surface area contributed by atoms with Crippen LogP contribution in [0.4, 0.5) is 23.2 Å². The van der Waals surface area contributed by atoms with Crippen LogP contribution >= 0.6 is 0 Å². The largest absolute Gasteiger partial charge is 0.508 e. The Morgan fingerprint density at radius 1 is 1.11 bits per heavy atom. The summed E-state index contributed by atoms with van der Waals surface area (Å²) >= 11 is 0. The molecular weight excluding hydrogens is 366 g/mol. The summed E-state index contributed by atoms with van der Waals surface area (Å²) in [6.07, 6.45) is -6.07. The van der Waals surface area contributed by atoms with Crippen molar-refractivity contribution in [3.05, 3.63) is 40.7 Å². The van der Waals surface area contributed by atoms with Crippen LogP contribution in [-0.4, -0.2) is 20.8 Å². The van der Waals surface area contributed by atoms with Gasteiger partial charge in [-0.15, -0.1) is 0 Å². The highest BCUT2D eigenvalue weighted by molar-refractivity contribution is 5.94. The van der Waals surface area contributed by atoms with Crippen molar-refractivity contribution >= 4 is 11.6 Å². The van der Waals surface area contributed by atoms with Gasteiger partial charge in [0, 0.05) is 5.69 Å². The van der Waals surface area contributed by atoms with E-state index in [2.05, 4.69) is 10.4 Å². The van der Waals surface area contributed by atoms with Crippen LogP contribution in [0.25, 0.3) is 0 Å². The quantitative estimate of drug-likeness (QED) is 0.536. The van der Waals surface area contributed by atoms with E-state index in [0.717, 1.165) is 0 Å². The Hall–Kier alpha value is -2.58. The van der Waals surface area contributed by atoms with Crippen LogP contribution < -0.4 is 5.32 Å². The molecule has 0 aliphatic rings. The molecule has 0 fully saturated rings. The number of phenolic OH excluding ortho intramolecular Hbond substituents is 1. The molecule has 1 aromatic carbocycles. The maximum absolute atomic E-state index is 13.1. The van der Waals surface area contributed by atoms with Crippen LogP contribution in [0.2, 0.25) is 0 Å². The molecule has 1 amide bonds. The normalized spacial score (nSPS) is 12.9. The van der Waals surface area contributed by atoms with Gasteiger partial charge in [-0.25, -0.2) is 17.6 Å². The average molecular weight is 387 g/mol. The van der Waals surface area contributed by atoms with Gasteiger partial charge in [-0.05, 0) is 49.1 Å². The lowest BCUT2D eigenvalue weighted by atomic mass is 9.99. The number of nitrogens with one attached hydrogen (secondary N) is 1. The maximum Gasteiger partial charge on any atom is 0.282 e. The molecule has 1 aromatic heterocycles. The summed E-state index contributed by atoms with van der Waals surface area (Å²) in [6, 6.07) is 2.45. The van der Waals surface area contributed by atoms with Crippen molar-refractivity contribution in [2.75, 3.05) is 5.32 Å². The maximum atomic E-state index is 13.1. The Morgan fingerprint density at radius 2 is 1.74 bits per heavy atom. The van der Waals surface area contributed by atoms with Crippen molar-refractivity contribution in [1.82, 2.24) is 9.78 Å². The highest BCUT2D eigenvalue weighted by Gasteiger charge is 2.27. The SMILES string of the molecule is Cc1cc(O)c(C(C)C)cc1NC(=O)C(C)n1nc(C(F)F)cc1C(F)F. The molecule has 2 rings (SSSR count). The fraction of sp³-hybridized carbons (Fsp3) is 0.444. The summed E-state index contributed by atoms with van der Waals surface area (Å²) in [5.41, 5.74) is 0.00968. The van der Waals surface area contributed by atoms with Gasteiger partial charge in [-0.2, -0.15) is 5.10 Å². The zero-order valence-electron chi connectivity index (χ0n) is 15.3. The van der Waals surface area contributed by atoms with Gasteiger partial charge in [0.25, 0.3) is 12.9 Å². The van der Waals surface area contributed by atoms with Crippen LogP contribution in [0, 0.1) is 6.92 Å². The van der Waals surface area contributed by atoms with Crippen LogP contribution in [-0.2, 0) is 4.79 Å². The van der Waals surface area contributed by atoms with E-state index < -0.39 is 36.2 Å². The Kier molecular flexibility index (Phi) is 6.12. The monoisotopic (exact) mass is 387 g/mol. The van der Waals surface area contributed by atoms with Crippen LogP contribution in [0.15, 0.2) is 18.2 Å². The number of aromatic nitrogens is 2. The van der Waals surface area contributed by atoms with Crippen LogP contribution in [0.5, 0.6) is 5.75 Å². The lowest BCUT2D eigenvalue weighted by Gasteiger charge is -2.18. The molecule has 5 nitrogen and oxygen atoms in total. The number of hydrogen-bond donors (Lipinski definition) is 2. The zero-order chi connectivity index (χ0) is 20.5. The molecule has 0 aliphatic heterocycles. The van der Waals surface area contributed by atoms with Crippen molar-refractivity contribution in [2.24, 2.45) is 0 Å². The molecular formula is C18H21F4N3O2. The van der Waals surface area contributed by atoms with Gasteiger partial charge in [0.15, 0.2) is 0 Å². The van der Waals surface area contributed by atoms with Crippen molar-refractivity contribution in [2.45, 2.75) is 52.5 Å². The first-order valence-electron chi connectivity index (χ1n) is 8.32. The highest BCUT2D eigenvalue weighted by atomic mass is 19.3. The van der Waals surface area contributed by atoms with E-state index in [-0.39, 0.29) is 11.7 Å². The van der Waals surface area contributed by atoms with Gasteiger partial charge in [-0.3, -0.25) is 9.48 Å². The van der Waals surface area contributed by atoms with E-state index in [1.54, 1.807) is 13.0 Å². The van der Waals surface area contributed by atoms with E-state index in [1.807, 2.05) is 13.8 Å². The first kappa shape index (κ1) is 20.7. The van der Waals surface area contributed by atoms with Crippen molar-refractivity contribution in [1.29, 1.82) is 0 Å². The fourth-order valence-electron chi connectivity index (χ4n) is 2.66. The number of anilines is 1. The molecule has 9 heteroatoms. The van der Waals surface area contributed by atoms with Gasteiger partial charge >= 0.3 is 0 Å². The third-order valence-electron chi connectivity index (χ3n) is 4.23. The number of nitrogens with zero attached hydrogens (tertiary/aromatic N) is 2. The fourth-order valence-corrected chi connectivity index (χ4v) is 2.66. The lowest BCUT2D eigenvalue weighted by Crippen LogP contribution is -2.26. The highest BCUT2D eigenvalue weighted by Crippen LogP contribution is 2.32. The second kappa shape index (κ2) is 7.98. The number of rotatable bonds is 6. The van der Waals surface area contributed by atoms with Crippen LogP contribution in [0.3, 0.4) is 0 Å². The van der Waals surface area contributed by atoms with E-state index in [0.29, 0.717) is 27.6 Å². The summed E-state index contributed by atoms with van der Waals surface area (Å²) in [6.45, 7) is 6.69. The molecule has 0 saturated heterocycles. The summed E-state index contributed by atoms with van der Waals surface area (Å²) in [5.74, 6) is -0.615. The summed E-state index contributed by atoms with van der Waals surface area (Å²) in [5, 5.41) is 16.0. The van der Waals surface area contributed by atoms with E-state index in [4.69, 9.17) is 0 Å². The van der Waals surface area contributed by atoms with Gasteiger partial charge < -0.3 is 10.4 Å². The molecule has 2 aromatic rings. The second-order valence-electron chi connectivity index (χ2n) is 6.59. The smallest absolute Gasteiger partial charge is 0.282 e. The first-order chi connectivity index (χ1) is 12.5. The van der Waals surface area contributed by atoms with Gasteiger partial charge in [-0.1, -0.05) is 13.8 Å². The van der Waals surface area contributed by atoms with Gasteiger partial charge in [0.2, 0.25) is 5.91 Å². The third-order valence-corrected chi connectivity index (χ3v) is 4.23. The number of hydrogen-bond acceptors (Lipinski definition) is 3. The van der Waals surface area contributed by atoms with Crippen molar-refractivity contribution < 1.29 is 27.5 Å². The molecule has 0 radical (unpaired) electrons. The number of benzene rings is 1. The number of carbonyl (C=O) groups excluding carboxylic acids is 1. The molecule has 0 saturated carbocycles. The number of amides is 1. The number of alkyl halides is 4. The molecule has 0 bridgehead atoms. The Labute approximate surface area is 154 Å². The summed E-state index contributed by atoms with van der Waals surface area (Å²) in [4.78, 5) is 12.5. The number of halogens is 4. The molecule has 2 N–H and O–H groups in total. The van der Waals surface area contributed by atoms with Gasteiger partial charge in [0.1, 0.15) is 23.2 Å². The van der Waals surface area contributed by atoms with Crippen molar-refractivity contribution in [3.8, 4) is 5.75 Å². The first-order valence-corrected chi connectivity index (χ1v) is 8.32. The predicted molar refractivity (Wildman–Crippen MR) is 92.4 cm³/mol. The minimum Gasteiger partial charge on any atom is -0.508 e. The summed E-state index contributed by atoms with van der Waals surface area (Å²) < 4.78 is 52.5. The molecule has 27 heavy (non-hydrogen) atoms. The molecule has 0 aliphatic carbocycles. The number of aromatic hydroxyl groups is 1. The Bertz CT molecular complexity index is 834. The molecule has 1 heterocycles. The topological polar surface area (TPSA) is 67.2 Å².